The van der Waals surface area contributed by atoms with E-state index in [1.807, 2.05) is 18.2 Å². The predicted octanol–water partition coefficient (Wildman–Crippen LogP) is 5.16. The second-order valence-corrected chi connectivity index (χ2v) is 6.23. The van der Waals surface area contributed by atoms with Crippen molar-refractivity contribution in [2.75, 3.05) is 12.4 Å². The van der Waals surface area contributed by atoms with Gasteiger partial charge in [0.25, 0.3) is 5.91 Å². The molecular weight excluding hydrogens is 375 g/mol. The van der Waals surface area contributed by atoms with Crippen molar-refractivity contribution in [2.45, 2.75) is 6.61 Å². The van der Waals surface area contributed by atoms with Gasteiger partial charge in [0.1, 0.15) is 17.1 Å². The molecule has 0 saturated heterocycles. The van der Waals surface area contributed by atoms with Crippen molar-refractivity contribution in [2.24, 2.45) is 0 Å². The van der Waals surface area contributed by atoms with Crippen molar-refractivity contribution in [1.29, 1.82) is 0 Å². The number of pyridine rings is 1. The third-order valence-electron chi connectivity index (χ3n) is 4.22. The number of rotatable bonds is 6. The number of hydrogen-bond acceptors (Lipinski definition) is 5. The summed E-state index contributed by atoms with van der Waals surface area (Å²) in [5, 5.41) is 3.59. The molecule has 29 heavy (non-hydrogen) atoms. The third kappa shape index (κ3) is 4.09. The number of aromatic nitrogens is 1. The van der Waals surface area contributed by atoms with Gasteiger partial charge in [0.15, 0.2) is 5.76 Å². The molecule has 2 aromatic heterocycles. The Balaban J connectivity index is 1.50. The highest BCUT2D eigenvalue weighted by atomic mass is 19.1. The Labute approximate surface area is 165 Å². The molecule has 0 bridgehead atoms. The van der Waals surface area contributed by atoms with Gasteiger partial charge in [-0.2, -0.15) is 0 Å². The van der Waals surface area contributed by atoms with E-state index in [1.54, 1.807) is 25.3 Å². The Morgan fingerprint density at radius 2 is 1.90 bits per heavy atom. The van der Waals surface area contributed by atoms with E-state index in [1.165, 1.54) is 30.5 Å². The molecule has 0 radical (unpaired) electrons. The summed E-state index contributed by atoms with van der Waals surface area (Å²) in [4.78, 5) is 16.9. The van der Waals surface area contributed by atoms with E-state index in [9.17, 15) is 9.18 Å². The molecule has 0 aliphatic heterocycles. The van der Waals surface area contributed by atoms with Gasteiger partial charge in [-0.05, 0) is 36.4 Å². The number of nitrogens with zero attached hydrogens (tertiary/aromatic N) is 1. The van der Waals surface area contributed by atoms with Crippen molar-refractivity contribution in [1.82, 2.24) is 4.98 Å². The Kier molecular flexibility index (Phi) is 5.22. The Morgan fingerprint density at radius 3 is 2.62 bits per heavy atom. The van der Waals surface area contributed by atoms with Crippen LogP contribution < -0.4 is 10.1 Å². The van der Waals surface area contributed by atoms with Gasteiger partial charge in [0, 0.05) is 24.1 Å². The van der Waals surface area contributed by atoms with Crippen LogP contribution in [0.5, 0.6) is 11.6 Å². The Morgan fingerprint density at radius 1 is 1.10 bits per heavy atom. The lowest BCUT2D eigenvalue weighted by Gasteiger charge is -2.07. The van der Waals surface area contributed by atoms with Crippen LogP contribution in [0.15, 0.2) is 71.3 Å². The molecule has 2 heterocycles. The SMILES string of the molecule is COCc1c(C(=O)Nc2ccc(Oc3ccc(F)cc3)nc2)oc2ccccc12. The van der Waals surface area contributed by atoms with Crippen LogP contribution in [0.3, 0.4) is 0 Å². The van der Waals surface area contributed by atoms with E-state index in [0.717, 1.165) is 5.39 Å². The number of nitrogens with one attached hydrogen (secondary N) is 1. The summed E-state index contributed by atoms with van der Waals surface area (Å²) in [6.45, 7) is 0.252. The van der Waals surface area contributed by atoms with Crippen LogP contribution in [-0.2, 0) is 11.3 Å². The van der Waals surface area contributed by atoms with Gasteiger partial charge < -0.3 is 19.2 Å². The molecule has 4 rings (SSSR count). The number of halogens is 1. The summed E-state index contributed by atoms with van der Waals surface area (Å²) in [5.74, 6) is 0.226. The highest BCUT2D eigenvalue weighted by Gasteiger charge is 2.20. The van der Waals surface area contributed by atoms with Crippen LogP contribution in [0.1, 0.15) is 16.1 Å². The zero-order chi connectivity index (χ0) is 20.2. The summed E-state index contributed by atoms with van der Waals surface area (Å²) in [5.41, 5.74) is 1.78. The van der Waals surface area contributed by atoms with E-state index >= 15 is 0 Å². The topological polar surface area (TPSA) is 73.6 Å². The maximum absolute atomic E-state index is 13.0. The maximum atomic E-state index is 13.0. The summed E-state index contributed by atoms with van der Waals surface area (Å²) < 4.78 is 29.5. The summed E-state index contributed by atoms with van der Waals surface area (Å²) in [7, 11) is 1.56. The predicted molar refractivity (Wildman–Crippen MR) is 106 cm³/mol. The molecule has 7 heteroatoms. The second kappa shape index (κ2) is 8.12. The number of hydrogen-bond donors (Lipinski definition) is 1. The van der Waals surface area contributed by atoms with Gasteiger partial charge in [-0.15, -0.1) is 0 Å². The van der Waals surface area contributed by atoms with Gasteiger partial charge in [-0.3, -0.25) is 4.79 Å². The van der Waals surface area contributed by atoms with Gasteiger partial charge >= 0.3 is 0 Å². The molecule has 0 spiro atoms. The molecule has 0 aliphatic rings. The molecule has 146 valence electrons. The number of methoxy groups -OCH3 is 1. The van der Waals surface area contributed by atoms with Crippen LogP contribution in [0.2, 0.25) is 0 Å². The van der Waals surface area contributed by atoms with Crippen LogP contribution in [-0.4, -0.2) is 18.0 Å². The molecule has 4 aromatic rings. The summed E-state index contributed by atoms with van der Waals surface area (Å²) in [6, 6.07) is 16.3. The highest BCUT2D eigenvalue weighted by Crippen LogP contribution is 2.27. The first-order chi connectivity index (χ1) is 14.1. The second-order valence-electron chi connectivity index (χ2n) is 6.23. The number of amides is 1. The molecule has 2 aromatic carbocycles. The molecule has 1 N–H and O–H groups in total. The van der Waals surface area contributed by atoms with E-state index < -0.39 is 5.91 Å². The fourth-order valence-electron chi connectivity index (χ4n) is 2.90. The van der Waals surface area contributed by atoms with Gasteiger partial charge in [-0.25, -0.2) is 9.37 Å². The number of para-hydroxylation sites is 1. The molecule has 6 nitrogen and oxygen atoms in total. The number of furan rings is 1. The maximum Gasteiger partial charge on any atom is 0.291 e. The average molecular weight is 392 g/mol. The standard InChI is InChI=1S/C22H17FN2O4/c1-27-13-18-17-4-2-3-5-19(17)29-21(18)22(26)25-15-8-11-20(24-12-15)28-16-9-6-14(23)7-10-16/h2-12H,13H2,1H3,(H,25,26). The smallest absolute Gasteiger partial charge is 0.291 e. The van der Waals surface area contributed by atoms with Gasteiger partial charge in [0.05, 0.1) is 18.5 Å². The first-order valence-corrected chi connectivity index (χ1v) is 8.84. The van der Waals surface area contributed by atoms with Crippen LogP contribution >= 0.6 is 0 Å². The molecule has 0 fully saturated rings. The number of benzene rings is 2. The molecule has 1 amide bonds. The van der Waals surface area contributed by atoms with E-state index in [4.69, 9.17) is 13.9 Å². The average Bonchev–Trinajstić information content (AvgIpc) is 3.10. The minimum atomic E-state index is -0.401. The van der Waals surface area contributed by atoms with Crippen LogP contribution in [0, 0.1) is 5.82 Å². The fraction of sp³-hybridized carbons (Fsp3) is 0.0909. The van der Waals surface area contributed by atoms with Crippen molar-refractivity contribution < 1.29 is 23.1 Å². The normalized spacial score (nSPS) is 10.8. The van der Waals surface area contributed by atoms with E-state index in [0.29, 0.717) is 28.5 Å². The fourth-order valence-corrected chi connectivity index (χ4v) is 2.90. The monoisotopic (exact) mass is 392 g/mol. The number of ether oxygens (including phenoxy) is 2. The zero-order valence-electron chi connectivity index (χ0n) is 15.5. The summed E-state index contributed by atoms with van der Waals surface area (Å²) in [6.07, 6.45) is 1.47. The number of carbonyl (C=O) groups is 1. The van der Waals surface area contributed by atoms with E-state index in [-0.39, 0.29) is 18.2 Å². The quantitative estimate of drug-likeness (QED) is 0.491. The molecule has 0 saturated carbocycles. The largest absolute Gasteiger partial charge is 0.451 e. The lowest BCUT2D eigenvalue weighted by Crippen LogP contribution is -2.13. The molecule has 0 aliphatic carbocycles. The summed E-state index contributed by atoms with van der Waals surface area (Å²) >= 11 is 0. The minimum absolute atomic E-state index is 0.194. The highest BCUT2D eigenvalue weighted by molar-refractivity contribution is 6.06. The Bertz CT molecular complexity index is 1140. The molecular formula is C22H17FN2O4. The van der Waals surface area contributed by atoms with Crippen LogP contribution in [0.25, 0.3) is 11.0 Å². The van der Waals surface area contributed by atoms with Gasteiger partial charge in [0.2, 0.25) is 5.88 Å². The van der Waals surface area contributed by atoms with Crippen molar-refractivity contribution in [3.05, 3.63) is 84.0 Å². The molecule has 0 unspecified atom stereocenters. The van der Waals surface area contributed by atoms with Gasteiger partial charge in [-0.1, -0.05) is 18.2 Å². The number of anilines is 1. The van der Waals surface area contributed by atoms with Crippen LogP contribution in [0.4, 0.5) is 10.1 Å². The van der Waals surface area contributed by atoms with Crippen molar-refractivity contribution >= 4 is 22.6 Å². The lowest BCUT2D eigenvalue weighted by atomic mass is 10.1. The lowest BCUT2D eigenvalue weighted by molar-refractivity contribution is 0.0992. The minimum Gasteiger partial charge on any atom is -0.451 e. The van der Waals surface area contributed by atoms with Crippen molar-refractivity contribution in [3.8, 4) is 11.6 Å². The Hall–Kier alpha value is -3.71. The number of fused-ring (bicyclic) bond motifs is 1. The first kappa shape index (κ1) is 18.6. The zero-order valence-corrected chi connectivity index (χ0v) is 15.5. The van der Waals surface area contributed by atoms with E-state index in [2.05, 4.69) is 10.3 Å². The third-order valence-corrected chi connectivity index (χ3v) is 4.22. The van der Waals surface area contributed by atoms with Crippen molar-refractivity contribution in [3.63, 3.8) is 0 Å². The molecule has 0 atom stereocenters. The number of carbonyl (C=O) groups excluding carboxylic acids is 1. The first-order valence-electron chi connectivity index (χ1n) is 8.84.